The van der Waals surface area contributed by atoms with Gasteiger partial charge in [0.1, 0.15) is 5.69 Å². The van der Waals surface area contributed by atoms with E-state index in [4.69, 9.17) is 15.2 Å². The minimum atomic E-state index is -0.397. The molecule has 7 heteroatoms. The molecule has 2 heterocycles. The normalized spacial score (nSPS) is 16.6. The Hall–Kier alpha value is -2.93. The number of carbonyl (C=O) groups is 1. The van der Waals surface area contributed by atoms with Crippen LogP contribution < -0.4 is 11.1 Å². The lowest BCUT2D eigenvalue weighted by molar-refractivity contribution is -0.117. The average molecular weight is 312 g/mol. The van der Waals surface area contributed by atoms with Gasteiger partial charge in [-0.2, -0.15) is 0 Å². The molecule has 118 valence electrons. The van der Waals surface area contributed by atoms with Crippen molar-refractivity contribution in [1.82, 2.24) is 9.97 Å². The first-order valence-electron chi connectivity index (χ1n) is 7.08. The van der Waals surface area contributed by atoms with Crippen LogP contribution in [0.4, 0.5) is 5.82 Å². The number of nitrogens with two attached hydrogens (primary N) is 1. The standard InChI is InChI=1S/C16H16N4O3/c17-13(21)9-11-3-1-2-4-12(11)15-16(19-7-6-18-15)20-14-5-8-22-10-23-14/h1-8,14H,9-10H2,(H2,17,21)(H,19,20). The second-order valence-corrected chi connectivity index (χ2v) is 4.90. The summed E-state index contributed by atoms with van der Waals surface area (Å²) in [6, 6.07) is 7.47. The summed E-state index contributed by atoms with van der Waals surface area (Å²) < 4.78 is 10.4. The van der Waals surface area contributed by atoms with E-state index in [-0.39, 0.29) is 19.4 Å². The molecule has 3 N–H and O–H groups in total. The molecule has 0 radical (unpaired) electrons. The molecule has 7 nitrogen and oxygen atoms in total. The van der Waals surface area contributed by atoms with Gasteiger partial charge in [-0.15, -0.1) is 0 Å². The molecule has 1 aromatic carbocycles. The van der Waals surface area contributed by atoms with Crippen molar-refractivity contribution in [3.8, 4) is 11.3 Å². The van der Waals surface area contributed by atoms with Crippen LogP contribution in [0.1, 0.15) is 5.56 Å². The number of hydrogen-bond donors (Lipinski definition) is 2. The summed E-state index contributed by atoms with van der Waals surface area (Å²) in [5.74, 6) is 0.160. The van der Waals surface area contributed by atoms with Crippen LogP contribution in [0.3, 0.4) is 0 Å². The van der Waals surface area contributed by atoms with Gasteiger partial charge in [0.25, 0.3) is 0 Å². The van der Waals surface area contributed by atoms with Gasteiger partial charge in [0.05, 0.1) is 12.7 Å². The van der Waals surface area contributed by atoms with Crippen molar-refractivity contribution in [3.63, 3.8) is 0 Å². The highest BCUT2D eigenvalue weighted by molar-refractivity contribution is 5.82. The van der Waals surface area contributed by atoms with E-state index in [2.05, 4.69) is 15.3 Å². The molecule has 1 atom stereocenters. The highest BCUT2D eigenvalue weighted by atomic mass is 16.7. The number of nitrogens with zero attached hydrogens (tertiary/aromatic N) is 2. The van der Waals surface area contributed by atoms with Crippen LogP contribution in [0.25, 0.3) is 11.3 Å². The lowest BCUT2D eigenvalue weighted by Gasteiger charge is -2.21. The van der Waals surface area contributed by atoms with Gasteiger partial charge in [-0.3, -0.25) is 9.78 Å². The predicted molar refractivity (Wildman–Crippen MR) is 84.0 cm³/mol. The molecular weight excluding hydrogens is 296 g/mol. The molecular formula is C16H16N4O3. The third-order valence-corrected chi connectivity index (χ3v) is 3.28. The van der Waals surface area contributed by atoms with Gasteiger partial charge in [0, 0.05) is 18.0 Å². The van der Waals surface area contributed by atoms with Crippen molar-refractivity contribution in [2.75, 3.05) is 12.1 Å². The van der Waals surface area contributed by atoms with Gasteiger partial charge >= 0.3 is 0 Å². The summed E-state index contributed by atoms with van der Waals surface area (Å²) in [6.07, 6.45) is 6.27. The third kappa shape index (κ3) is 3.64. The number of ether oxygens (including phenoxy) is 2. The maximum atomic E-state index is 11.3. The number of rotatable bonds is 5. The van der Waals surface area contributed by atoms with Crippen LogP contribution >= 0.6 is 0 Å². The second kappa shape index (κ2) is 6.89. The number of hydrogen-bond acceptors (Lipinski definition) is 6. The Morgan fingerprint density at radius 3 is 2.91 bits per heavy atom. The monoisotopic (exact) mass is 312 g/mol. The zero-order valence-corrected chi connectivity index (χ0v) is 12.3. The van der Waals surface area contributed by atoms with Gasteiger partial charge in [0.2, 0.25) is 5.91 Å². The lowest BCUT2D eigenvalue weighted by atomic mass is 10.0. The van der Waals surface area contributed by atoms with E-state index >= 15 is 0 Å². The number of benzene rings is 1. The molecule has 0 aliphatic carbocycles. The molecule has 23 heavy (non-hydrogen) atoms. The predicted octanol–water partition coefficient (Wildman–Crippen LogP) is 1.43. The molecule has 0 bridgehead atoms. The topological polar surface area (TPSA) is 99.4 Å². The van der Waals surface area contributed by atoms with Crippen molar-refractivity contribution in [3.05, 3.63) is 54.6 Å². The van der Waals surface area contributed by atoms with E-state index in [1.165, 1.54) is 0 Å². The van der Waals surface area contributed by atoms with Gasteiger partial charge in [-0.25, -0.2) is 4.98 Å². The fourth-order valence-electron chi connectivity index (χ4n) is 2.29. The van der Waals surface area contributed by atoms with Crippen molar-refractivity contribution in [1.29, 1.82) is 0 Å². The number of aromatic nitrogens is 2. The molecule has 0 saturated heterocycles. The smallest absolute Gasteiger partial charge is 0.221 e. The average Bonchev–Trinajstić information content (AvgIpc) is 2.56. The Balaban J connectivity index is 1.95. The third-order valence-electron chi connectivity index (χ3n) is 3.28. The van der Waals surface area contributed by atoms with E-state index in [0.29, 0.717) is 11.5 Å². The number of anilines is 1. The first-order chi connectivity index (χ1) is 11.2. The van der Waals surface area contributed by atoms with Crippen LogP contribution in [0, 0.1) is 0 Å². The van der Waals surface area contributed by atoms with E-state index in [1.807, 2.05) is 24.3 Å². The highest BCUT2D eigenvalue weighted by Crippen LogP contribution is 2.28. The Bertz CT molecular complexity index is 733. The molecule has 3 rings (SSSR count). The van der Waals surface area contributed by atoms with Crippen molar-refractivity contribution >= 4 is 11.7 Å². The highest BCUT2D eigenvalue weighted by Gasteiger charge is 2.16. The van der Waals surface area contributed by atoms with Crippen molar-refractivity contribution < 1.29 is 14.3 Å². The number of carbonyl (C=O) groups excluding carboxylic acids is 1. The Labute approximate surface area is 133 Å². The quantitative estimate of drug-likeness (QED) is 0.866. The lowest BCUT2D eigenvalue weighted by Crippen LogP contribution is -2.25. The number of primary amides is 1. The largest absolute Gasteiger partial charge is 0.475 e. The van der Waals surface area contributed by atoms with Crippen LogP contribution in [0.2, 0.25) is 0 Å². The summed E-state index contributed by atoms with van der Waals surface area (Å²) >= 11 is 0. The molecule has 1 amide bonds. The van der Waals surface area contributed by atoms with Crippen LogP contribution in [-0.4, -0.2) is 28.9 Å². The van der Waals surface area contributed by atoms with E-state index < -0.39 is 5.91 Å². The van der Waals surface area contributed by atoms with E-state index in [0.717, 1.165) is 11.1 Å². The molecule has 1 aromatic heterocycles. The summed E-state index contributed by atoms with van der Waals surface area (Å²) in [7, 11) is 0. The molecule has 1 aliphatic rings. The van der Waals surface area contributed by atoms with Gasteiger partial charge in [-0.05, 0) is 11.6 Å². The van der Waals surface area contributed by atoms with Gasteiger partial charge in [-0.1, -0.05) is 24.3 Å². The minimum absolute atomic E-state index is 0.139. The summed E-state index contributed by atoms with van der Waals surface area (Å²) in [5, 5.41) is 3.15. The Kier molecular flexibility index (Phi) is 4.49. The first-order valence-corrected chi connectivity index (χ1v) is 7.08. The number of nitrogens with one attached hydrogen (secondary N) is 1. The van der Waals surface area contributed by atoms with Gasteiger partial charge < -0.3 is 20.5 Å². The minimum Gasteiger partial charge on any atom is -0.475 e. The molecule has 2 aromatic rings. The summed E-state index contributed by atoms with van der Waals surface area (Å²) in [6.45, 7) is 0.169. The van der Waals surface area contributed by atoms with E-state index in [9.17, 15) is 4.79 Å². The van der Waals surface area contributed by atoms with Crippen molar-refractivity contribution in [2.24, 2.45) is 5.73 Å². The summed E-state index contributed by atoms with van der Waals surface area (Å²) in [5.41, 5.74) is 7.56. The van der Waals surface area contributed by atoms with Gasteiger partial charge in [0.15, 0.2) is 18.8 Å². The van der Waals surface area contributed by atoms with Crippen LogP contribution in [0.15, 0.2) is 49.0 Å². The molecule has 1 unspecified atom stereocenters. The Morgan fingerprint density at radius 2 is 2.13 bits per heavy atom. The number of amides is 1. The zero-order valence-electron chi connectivity index (χ0n) is 12.3. The fourth-order valence-corrected chi connectivity index (χ4v) is 2.29. The Morgan fingerprint density at radius 1 is 1.30 bits per heavy atom. The van der Waals surface area contributed by atoms with E-state index in [1.54, 1.807) is 24.7 Å². The maximum absolute atomic E-state index is 11.3. The molecule has 0 fully saturated rings. The van der Waals surface area contributed by atoms with Crippen LogP contribution in [-0.2, 0) is 20.7 Å². The zero-order chi connectivity index (χ0) is 16.1. The second-order valence-electron chi connectivity index (χ2n) is 4.90. The molecule has 1 aliphatic heterocycles. The molecule has 0 spiro atoms. The van der Waals surface area contributed by atoms with Crippen LogP contribution in [0.5, 0.6) is 0 Å². The maximum Gasteiger partial charge on any atom is 0.221 e. The SMILES string of the molecule is NC(=O)Cc1ccccc1-c1nccnc1NC1C=COCO1. The fraction of sp³-hybridized carbons (Fsp3) is 0.188. The van der Waals surface area contributed by atoms with Crippen molar-refractivity contribution in [2.45, 2.75) is 12.6 Å². The molecule has 0 saturated carbocycles. The summed E-state index contributed by atoms with van der Waals surface area (Å²) in [4.78, 5) is 20.0. The first kappa shape index (κ1) is 15.0.